The Morgan fingerprint density at radius 2 is 1.50 bits per heavy atom. The molecule has 0 radical (unpaired) electrons. The molecule has 2 fully saturated rings. The number of hydrogen-bond acceptors (Lipinski definition) is 16. The topological polar surface area (TPSA) is 269 Å². The summed E-state index contributed by atoms with van der Waals surface area (Å²) in [4.78, 5) is 13.8. The Balaban J connectivity index is 1.61. The van der Waals surface area contributed by atoms with E-state index in [1.54, 1.807) is 0 Å². The van der Waals surface area contributed by atoms with Gasteiger partial charge in [-0.05, 0) is 32.0 Å². The van der Waals surface area contributed by atoms with Gasteiger partial charge in [0, 0.05) is 17.7 Å². The molecular formula is C28H32O16. The van der Waals surface area contributed by atoms with Crippen LogP contribution in [0.3, 0.4) is 0 Å². The molecule has 2 aliphatic heterocycles. The van der Waals surface area contributed by atoms with Crippen LogP contribution in [0.1, 0.15) is 13.8 Å². The van der Waals surface area contributed by atoms with Crippen molar-refractivity contribution >= 4 is 11.0 Å². The molecule has 1 aromatic heterocycles. The molecule has 16 nitrogen and oxygen atoms in total. The lowest BCUT2D eigenvalue weighted by molar-refractivity contribution is -0.313. The highest BCUT2D eigenvalue weighted by atomic mass is 16.7. The summed E-state index contributed by atoms with van der Waals surface area (Å²) in [5.74, 6) is -3.12. The number of hydrogen-bond donors (Lipinski definition) is 10. The average molecular weight is 625 g/mol. The predicted octanol–water partition coefficient (Wildman–Crippen LogP) is -1.65. The minimum atomic E-state index is -1.83. The second-order valence-corrected chi connectivity index (χ2v) is 10.9. The molecule has 0 saturated carbocycles. The van der Waals surface area contributed by atoms with E-state index in [0.29, 0.717) is 0 Å². The van der Waals surface area contributed by atoms with E-state index >= 15 is 0 Å². The first-order valence-corrected chi connectivity index (χ1v) is 13.4. The molecule has 16 heteroatoms. The highest BCUT2D eigenvalue weighted by Crippen LogP contribution is 2.40. The highest BCUT2D eigenvalue weighted by molar-refractivity contribution is 5.88. The van der Waals surface area contributed by atoms with Crippen molar-refractivity contribution in [1.82, 2.24) is 0 Å². The summed E-state index contributed by atoms with van der Waals surface area (Å²) in [6.45, 7) is 1.91. The normalized spacial score (nSPS) is 34.2. The molecule has 10 N–H and O–H groups in total. The Bertz CT molecular complexity index is 1590. The van der Waals surface area contributed by atoms with Crippen molar-refractivity contribution in [2.75, 3.05) is 6.61 Å². The van der Waals surface area contributed by atoms with Gasteiger partial charge in [-0.25, -0.2) is 0 Å². The van der Waals surface area contributed by atoms with Crippen molar-refractivity contribution in [2.24, 2.45) is 0 Å². The van der Waals surface area contributed by atoms with E-state index in [9.17, 15) is 55.9 Å². The summed E-state index contributed by atoms with van der Waals surface area (Å²) in [7, 11) is 0. The first kappa shape index (κ1) is 31.7. The molecule has 44 heavy (non-hydrogen) atoms. The minimum Gasteiger partial charge on any atom is -0.507 e. The van der Waals surface area contributed by atoms with Crippen LogP contribution in [-0.4, -0.2) is 119 Å². The summed E-state index contributed by atoms with van der Waals surface area (Å²) in [5.41, 5.74) is -3.10. The van der Waals surface area contributed by atoms with E-state index in [2.05, 4.69) is 0 Å². The third-order valence-electron chi connectivity index (χ3n) is 7.72. The second kappa shape index (κ2) is 11.7. The van der Waals surface area contributed by atoms with E-state index < -0.39 is 107 Å². The molecule has 0 bridgehead atoms. The third kappa shape index (κ3) is 5.40. The molecule has 240 valence electrons. The molecule has 3 aromatic rings. The van der Waals surface area contributed by atoms with E-state index in [4.69, 9.17) is 23.4 Å². The number of aromatic hydroxyl groups is 3. The molecular weight excluding hydrogens is 592 g/mol. The first-order valence-electron chi connectivity index (χ1n) is 13.4. The third-order valence-corrected chi connectivity index (χ3v) is 7.72. The van der Waals surface area contributed by atoms with Gasteiger partial charge >= 0.3 is 0 Å². The van der Waals surface area contributed by atoms with E-state index in [-0.39, 0.29) is 16.9 Å². The van der Waals surface area contributed by atoms with Crippen LogP contribution in [0, 0.1) is 0 Å². The Kier molecular flexibility index (Phi) is 8.40. The zero-order chi connectivity index (χ0) is 32.2. The fraction of sp³-hybridized carbons (Fsp3) is 0.464. The monoisotopic (exact) mass is 624 g/mol. The van der Waals surface area contributed by atoms with Crippen molar-refractivity contribution in [3.05, 3.63) is 40.6 Å². The van der Waals surface area contributed by atoms with Crippen molar-refractivity contribution in [3.63, 3.8) is 0 Å². The van der Waals surface area contributed by atoms with Crippen LogP contribution in [0.15, 0.2) is 39.5 Å². The zero-order valence-corrected chi connectivity index (χ0v) is 23.2. The van der Waals surface area contributed by atoms with Crippen molar-refractivity contribution in [1.29, 1.82) is 0 Å². The number of rotatable bonds is 6. The van der Waals surface area contributed by atoms with Gasteiger partial charge in [-0.2, -0.15) is 0 Å². The van der Waals surface area contributed by atoms with Gasteiger partial charge in [0.25, 0.3) is 0 Å². The van der Waals surface area contributed by atoms with Crippen LogP contribution < -0.4 is 14.9 Å². The van der Waals surface area contributed by atoms with Gasteiger partial charge in [0.1, 0.15) is 64.7 Å². The van der Waals surface area contributed by atoms with Gasteiger partial charge in [0.05, 0.1) is 12.7 Å². The molecule has 0 aliphatic carbocycles. The zero-order valence-electron chi connectivity index (χ0n) is 23.2. The van der Waals surface area contributed by atoms with Crippen LogP contribution in [0.5, 0.6) is 28.7 Å². The maximum absolute atomic E-state index is 13.8. The lowest BCUT2D eigenvalue weighted by Gasteiger charge is -2.45. The molecule has 5 rings (SSSR count). The fourth-order valence-electron chi connectivity index (χ4n) is 4.99. The number of ether oxygens (including phenoxy) is 4. The van der Waals surface area contributed by atoms with Crippen LogP contribution in [-0.2, 0) is 9.47 Å². The van der Waals surface area contributed by atoms with Gasteiger partial charge in [0.15, 0.2) is 17.3 Å². The van der Waals surface area contributed by atoms with Gasteiger partial charge < -0.3 is 74.4 Å². The molecule has 2 saturated heterocycles. The van der Waals surface area contributed by atoms with Crippen molar-refractivity contribution in [3.8, 4) is 40.1 Å². The molecule has 0 amide bonds. The summed E-state index contributed by atoms with van der Waals surface area (Å²) in [6, 6.07) is 5.43. The summed E-state index contributed by atoms with van der Waals surface area (Å²) < 4.78 is 28.1. The number of phenols is 3. The fourth-order valence-corrected chi connectivity index (χ4v) is 4.99. The lowest BCUT2D eigenvalue weighted by Crippen LogP contribution is -2.65. The molecule has 2 aliphatic rings. The highest BCUT2D eigenvalue weighted by Gasteiger charge is 2.52. The SMILES string of the molecule is C[C@@H]1O[C@@H](Oc2c(-c3ccc(O)c(O)c3)oc3cc(O[C@@H]4O[C@](C)(CO)[C@@H](O)[C@H](O)[C@H]4O)cc(O)c3c2=O)[C@H](O)[C@H](O)[C@H]1O. The van der Waals surface area contributed by atoms with Gasteiger partial charge in [-0.1, -0.05) is 0 Å². The van der Waals surface area contributed by atoms with Crippen LogP contribution in [0.4, 0.5) is 0 Å². The molecule has 0 unspecified atom stereocenters. The van der Waals surface area contributed by atoms with E-state index in [1.807, 2.05) is 0 Å². The standard InChI is InChI=1S/C28H32O16/c1-9-17(33)19(35)21(37)26(40-9)43-24-18(34)16-14(32)6-11(41-27-22(38)20(36)25(39)28(2,8-29)44-27)7-15(16)42-23(24)10-3-4-12(30)13(31)5-10/h3-7,9,17,19-22,25-27,29-33,35-39H,8H2,1-2H3/t9-,17-,19+,20+,21+,22+,25-,26-,27+,28+/m0/s1. The predicted molar refractivity (Wildman–Crippen MR) is 145 cm³/mol. The van der Waals surface area contributed by atoms with Gasteiger partial charge in [-0.3, -0.25) is 4.79 Å². The molecule has 10 atom stereocenters. The Morgan fingerprint density at radius 3 is 2.16 bits per heavy atom. The molecule has 2 aromatic carbocycles. The quantitative estimate of drug-likeness (QED) is 0.138. The maximum atomic E-state index is 13.8. The number of fused-ring (bicyclic) bond motifs is 1. The van der Waals surface area contributed by atoms with E-state index in [0.717, 1.165) is 24.3 Å². The summed E-state index contributed by atoms with van der Waals surface area (Å²) in [5, 5.41) is 102. The largest absolute Gasteiger partial charge is 0.507 e. The molecule has 3 heterocycles. The Labute approximate surface area is 247 Å². The Hall–Kier alpha value is -3.71. The maximum Gasteiger partial charge on any atom is 0.239 e. The van der Waals surface area contributed by atoms with Crippen molar-refractivity contribution < 1.29 is 74.4 Å². The van der Waals surface area contributed by atoms with Crippen molar-refractivity contribution in [2.45, 2.75) is 74.8 Å². The smallest absolute Gasteiger partial charge is 0.239 e. The lowest BCUT2D eigenvalue weighted by atomic mass is 9.89. The van der Waals surface area contributed by atoms with E-state index in [1.165, 1.54) is 19.9 Å². The second-order valence-electron chi connectivity index (χ2n) is 10.9. The van der Waals surface area contributed by atoms with Gasteiger partial charge in [-0.15, -0.1) is 0 Å². The summed E-state index contributed by atoms with van der Waals surface area (Å²) >= 11 is 0. The Morgan fingerprint density at radius 1 is 0.818 bits per heavy atom. The first-order chi connectivity index (χ1) is 20.7. The number of aliphatic hydroxyl groups is 7. The van der Waals surface area contributed by atoms with Crippen LogP contribution in [0.2, 0.25) is 0 Å². The van der Waals surface area contributed by atoms with Gasteiger partial charge in [0.2, 0.25) is 23.8 Å². The number of phenolic OH excluding ortho intramolecular Hbond substituents is 3. The number of benzene rings is 2. The number of aliphatic hydroxyl groups excluding tert-OH is 7. The molecule has 0 spiro atoms. The van der Waals surface area contributed by atoms with Crippen LogP contribution >= 0.6 is 0 Å². The average Bonchev–Trinajstić information content (AvgIpc) is 2.98. The minimum absolute atomic E-state index is 0.0269. The van der Waals surface area contributed by atoms with Crippen LogP contribution in [0.25, 0.3) is 22.3 Å². The summed E-state index contributed by atoms with van der Waals surface area (Å²) in [6.07, 6.45) is -14.7.